The Labute approximate surface area is 125 Å². The second-order valence-electron chi connectivity index (χ2n) is 5.14. The van der Waals surface area contributed by atoms with Gasteiger partial charge in [0, 0.05) is 37.8 Å². The topological polar surface area (TPSA) is 53.5 Å². The van der Waals surface area contributed by atoms with E-state index in [9.17, 15) is 8.42 Å². The molecule has 1 aliphatic rings. The van der Waals surface area contributed by atoms with Gasteiger partial charge in [-0.1, -0.05) is 24.3 Å². The Morgan fingerprint density at radius 2 is 1.81 bits per heavy atom. The van der Waals surface area contributed by atoms with Crippen LogP contribution < -0.4 is 4.90 Å². The van der Waals surface area contributed by atoms with Crippen LogP contribution in [0.4, 0.5) is 5.82 Å². The Morgan fingerprint density at radius 1 is 1.10 bits per heavy atom. The molecule has 0 radical (unpaired) electrons. The lowest BCUT2D eigenvalue weighted by molar-refractivity contribution is 0.385. The van der Waals surface area contributed by atoms with Crippen molar-refractivity contribution in [1.29, 1.82) is 0 Å². The molecule has 112 valence electrons. The van der Waals surface area contributed by atoms with Gasteiger partial charge in [-0.2, -0.15) is 4.31 Å². The van der Waals surface area contributed by atoms with Crippen LogP contribution in [0.3, 0.4) is 0 Å². The van der Waals surface area contributed by atoms with Crippen LogP contribution in [0.25, 0.3) is 10.8 Å². The summed E-state index contributed by atoms with van der Waals surface area (Å²) in [6.07, 6.45) is 1.81. The number of hydrogen-bond acceptors (Lipinski definition) is 4. The van der Waals surface area contributed by atoms with Crippen molar-refractivity contribution in [3.8, 4) is 0 Å². The smallest absolute Gasteiger partial charge is 0.213 e. The van der Waals surface area contributed by atoms with Gasteiger partial charge in [-0.3, -0.25) is 0 Å². The zero-order valence-electron chi connectivity index (χ0n) is 12.1. The largest absolute Gasteiger partial charge is 0.353 e. The summed E-state index contributed by atoms with van der Waals surface area (Å²) in [5.41, 5.74) is 0. The maximum Gasteiger partial charge on any atom is 0.213 e. The molecule has 1 aliphatic heterocycles. The molecule has 0 amide bonds. The first-order valence-corrected chi connectivity index (χ1v) is 8.79. The number of fused-ring (bicyclic) bond motifs is 1. The summed E-state index contributed by atoms with van der Waals surface area (Å²) in [6.45, 7) is 4.11. The van der Waals surface area contributed by atoms with E-state index in [-0.39, 0.29) is 5.75 Å². The average molecular weight is 305 g/mol. The summed E-state index contributed by atoms with van der Waals surface area (Å²) in [5, 5.41) is 2.28. The molecule has 1 saturated heterocycles. The van der Waals surface area contributed by atoms with E-state index in [0.717, 1.165) is 16.6 Å². The van der Waals surface area contributed by atoms with Gasteiger partial charge in [0.1, 0.15) is 5.82 Å². The second-order valence-corrected chi connectivity index (χ2v) is 7.40. The summed E-state index contributed by atoms with van der Waals surface area (Å²) >= 11 is 0. The number of rotatable bonds is 3. The van der Waals surface area contributed by atoms with Gasteiger partial charge in [-0.25, -0.2) is 13.4 Å². The van der Waals surface area contributed by atoms with Gasteiger partial charge in [0.2, 0.25) is 10.0 Å². The SMILES string of the molecule is CCS(=O)(=O)N1CCN(c2nccc3ccccc23)CC1. The van der Waals surface area contributed by atoms with Crippen LogP contribution in [0.15, 0.2) is 36.5 Å². The summed E-state index contributed by atoms with van der Waals surface area (Å²) in [6, 6.07) is 10.1. The molecule has 6 heteroatoms. The molecular weight excluding hydrogens is 286 g/mol. The van der Waals surface area contributed by atoms with E-state index in [0.29, 0.717) is 26.2 Å². The third kappa shape index (κ3) is 2.73. The summed E-state index contributed by atoms with van der Waals surface area (Å²) in [7, 11) is -3.08. The summed E-state index contributed by atoms with van der Waals surface area (Å²) in [5.74, 6) is 1.11. The Balaban J connectivity index is 1.83. The third-order valence-corrected chi connectivity index (χ3v) is 5.83. The van der Waals surface area contributed by atoms with Crippen molar-refractivity contribution >= 4 is 26.6 Å². The van der Waals surface area contributed by atoms with Crippen molar-refractivity contribution in [2.75, 3.05) is 36.8 Å². The molecule has 0 N–H and O–H groups in total. The fourth-order valence-electron chi connectivity index (χ4n) is 2.72. The number of nitrogens with zero attached hydrogens (tertiary/aromatic N) is 3. The number of hydrogen-bond donors (Lipinski definition) is 0. The molecule has 5 nitrogen and oxygen atoms in total. The Morgan fingerprint density at radius 3 is 2.52 bits per heavy atom. The zero-order chi connectivity index (χ0) is 14.9. The van der Waals surface area contributed by atoms with E-state index in [1.807, 2.05) is 24.4 Å². The van der Waals surface area contributed by atoms with Crippen molar-refractivity contribution in [2.24, 2.45) is 0 Å². The minimum Gasteiger partial charge on any atom is -0.353 e. The van der Waals surface area contributed by atoms with Crippen LogP contribution in [0, 0.1) is 0 Å². The predicted molar refractivity (Wildman–Crippen MR) is 85.0 cm³/mol. The minimum atomic E-state index is -3.08. The molecule has 0 aliphatic carbocycles. The van der Waals surface area contributed by atoms with E-state index in [2.05, 4.69) is 22.0 Å². The summed E-state index contributed by atoms with van der Waals surface area (Å²) in [4.78, 5) is 6.67. The van der Waals surface area contributed by atoms with Crippen LogP contribution in [-0.4, -0.2) is 49.6 Å². The van der Waals surface area contributed by atoms with E-state index < -0.39 is 10.0 Å². The lowest BCUT2D eigenvalue weighted by Gasteiger charge is -2.35. The quantitative estimate of drug-likeness (QED) is 0.866. The number of piperazine rings is 1. The first-order chi connectivity index (χ1) is 10.1. The fraction of sp³-hybridized carbons (Fsp3) is 0.400. The van der Waals surface area contributed by atoms with Gasteiger partial charge < -0.3 is 4.90 Å². The molecule has 0 saturated carbocycles. The molecule has 0 spiro atoms. The Kier molecular flexibility index (Phi) is 3.82. The molecule has 0 atom stereocenters. The Hall–Kier alpha value is -1.66. The highest BCUT2D eigenvalue weighted by molar-refractivity contribution is 7.89. The molecule has 3 rings (SSSR count). The molecular formula is C15H19N3O2S. The normalized spacial score (nSPS) is 17.3. The molecule has 1 aromatic carbocycles. The van der Waals surface area contributed by atoms with E-state index in [4.69, 9.17) is 0 Å². The average Bonchev–Trinajstić information content (AvgIpc) is 2.54. The van der Waals surface area contributed by atoms with Crippen molar-refractivity contribution in [2.45, 2.75) is 6.92 Å². The van der Waals surface area contributed by atoms with Crippen LogP contribution in [0.2, 0.25) is 0 Å². The van der Waals surface area contributed by atoms with E-state index in [1.165, 1.54) is 0 Å². The van der Waals surface area contributed by atoms with Gasteiger partial charge in [0.25, 0.3) is 0 Å². The van der Waals surface area contributed by atoms with Crippen LogP contribution in [0.5, 0.6) is 0 Å². The van der Waals surface area contributed by atoms with E-state index >= 15 is 0 Å². The molecule has 1 fully saturated rings. The van der Waals surface area contributed by atoms with Crippen LogP contribution in [-0.2, 0) is 10.0 Å². The first-order valence-electron chi connectivity index (χ1n) is 7.18. The van der Waals surface area contributed by atoms with Gasteiger partial charge in [-0.15, -0.1) is 0 Å². The second kappa shape index (κ2) is 5.61. The van der Waals surface area contributed by atoms with Gasteiger partial charge in [-0.05, 0) is 18.4 Å². The van der Waals surface area contributed by atoms with Crippen LogP contribution >= 0.6 is 0 Å². The lowest BCUT2D eigenvalue weighted by Crippen LogP contribution is -2.49. The molecule has 2 aromatic rings. The molecule has 21 heavy (non-hydrogen) atoms. The number of aromatic nitrogens is 1. The predicted octanol–water partition coefficient (Wildman–Crippen LogP) is 1.71. The maximum absolute atomic E-state index is 11.9. The van der Waals surface area contributed by atoms with Gasteiger partial charge in [0.15, 0.2) is 0 Å². The highest BCUT2D eigenvalue weighted by Crippen LogP contribution is 2.25. The standard InChI is InChI=1S/C15H19N3O2S/c1-2-21(19,20)18-11-9-17(10-12-18)15-14-6-4-3-5-13(14)7-8-16-15/h3-8H,2,9-12H2,1H3. The number of sulfonamides is 1. The summed E-state index contributed by atoms with van der Waals surface area (Å²) < 4.78 is 25.4. The molecule has 2 heterocycles. The number of benzene rings is 1. The van der Waals surface area contributed by atoms with Crippen LogP contribution in [0.1, 0.15) is 6.92 Å². The highest BCUT2D eigenvalue weighted by Gasteiger charge is 2.26. The van der Waals surface area contributed by atoms with Gasteiger partial charge in [0.05, 0.1) is 5.75 Å². The first kappa shape index (κ1) is 14.3. The number of anilines is 1. The van der Waals surface area contributed by atoms with Crippen molar-refractivity contribution < 1.29 is 8.42 Å². The van der Waals surface area contributed by atoms with Crippen molar-refractivity contribution in [1.82, 2.24) is 9.29 Å². The molecule has 0 unspecified atom stereocenters. The monoisotopic (exact) mass is 305 g/mol. The number of pyridine rings is 1. The molecule has 0 bridgehead atoms. The fourth-order valence-corrected chi connectivity index (χ4v) is 3.80. The van der Waals surface area contributed by atoms with Crippen molar-refractivity contribution in [3.63, 3.8) is 0 Å². The third-order valence-electron chi connectivity index (χ3n) is 3.95. The van der Waals surface area contributed by atoms with Gasteiger partial charge >= 0.3 is 0 Å². The zero-order valence-corrected chi connectivity index (χ0v) is 12.9. The van der Waals surface area contributed by atoms with Crippen molar-refractivity contribution in [3.05, 3.63) is 36.5 Å². The Bertz CT molecular complexity index is 732. The lowest BCUT2D eigenvalue weighted by atomic mass is 10.1. The maximum atomic E-state index is 11.9. The molecule has 1 aromatic heterocycles. The van der Waals surface area contributed by atoms with E-state index in [1.54, 1.807) is 11.2 Å². The highest BCUT2D eigenvalue weighted by atomic mass is 32.2. The minimum absolute atomic E-state index is 0.166.